The van der Waals surface area contributed by atoms with Gasteiger partial charge in [0.1, 0.15) is 5.82 Å². The highest BCUT2D eigenvalue weighted by molar-refractivity contribution is 5.94. The lowest BCUT2D eigenvalue weighted by Crippen LogP contribution is -2.48. The van der Waals surface area contributed by atoms with Gasteiger partial charge in [0.05, 0.1) is 0 Å². The molecule has 0 spiro atoms. The Morgan fingerprint density at radius 3 is 2.48 bits per heavy atom. The maximum Gasteiger partial charge on any atom is 0.298 e. The van der Waals surface area contributed by atoms with Crippen LogP contribution in [0, 0.1) is 18.8 Å². The van der Waals surface area contributed by atoms with E-state index >= 15 is 0 Å². The van der Waals surface area contributed by atoms with Crippen molar-refractivity contribution in [2.24, 2.45) is 0 Å². The van der Waals surface area contributed by atoms with Crippen LogP contribution in [0.5, 0.6) is 0 Å². The molecule has 0 atom stereocenters. The highest BCUT2D eigenvalue weighted by Gasteiger charge is 2.21. The van der Waals surface area contributed by atoms with Crippen LogP contribution in [0.2, 0.25) is 0 Å². The fraction of sp³-hybridized carbons (Fsp3) is 0.263. The first kappa shape index (κ1) is 15.1. The predicted octanol–water partition coefficient (Wildman–Crippen LogP) is 2.09. The van der Waals surface area contributed by atoms with Gasteiger partial charge in [0, 0.05) is 43.9 Å². The quantitative estimate of drug-likeness (QED) is 0.757. The van der Waals surface area contributed by atoms with Gasteiger partial charge in [0.25, 0.3) is 5.91 Å². The average Bonchev–Trinajstić information content (AvgIpc) is 2.61. The molecule has 0 unspecified atom stereocenters. The highest BCUT2D eigenvalue weighted by atomic mass is 16.2. The molecule has 4 nitrogen and oxygen atoms in total. The lowest BCUT2D eigenvalue weighted by atomic mass is 10.2. The SMILES string of the molecule is Cc1cccnc1N1CCN(C(=O)C#Cc2ccccc2)CC1. The third-order valence-electron chi connectivity index (χ3n) is 3.94. The maximum absolute atomic E-state index is 12.2. The van der Waals surface area contributed by atoms with Crippen LogP contribution in [0.1, 0.15) is 11.1 Å². The van der Waals surface area contributed by atoms with E-state index in [1.807, 2.05) is 47.5 Å². The minimum Gasteiger partial charge on any atom is -0.353 e. The maximum atomic E-state index is 12.2. The molecule has 3 rings (SSSR count). The van der Waals surface area contributed by atoms with Gasteiger partial charge in [-0.25, -0.2) is 4.98 Å². The number of carbonyl (C=O) groups excluding carboxylic acids is 1. The Morgan fingerprint density at radius 2 is 1.78 bits per heavy atom. The molecule has 1 fully saturated rings. The number of aryl methyl sites for hydroxylation is 1. The number of amides is 1. The number of nitrogens with zero attached hydrogens (tertiary/aromatic N) is 3. The van der Waals surface area contributed by atoms with Crippen molar-refractivity contribution >= 4 is 11.7 Å². The molecule has 1 aliphatic rings. The van der Waals surface area contributed by atoms with Gasteiger partial charge in [-0.2, -0.15) is 0 Å². The second-order valence-electron chi connectivity index (χ2n) is 5.54. The first-order valence-electron chi connectivity index (χ1n) is 7.76. The number of carbonyl (C=O) groups is 1. The van der Waals surface area contributed by atoms with Gasteiger partial charge in [-0.1, -0.05) is 30.2 Å². The molecule has 116 valence electrons. The normalized spacial score (nSPS) is 14.1. The van der Waals surface area contributed by atoms with Crippen molar-refractivity contribution in [1.29, 1.82) is 0 Å². The minimum atomic E-state index is -0.105. The molecule has 23 heavy (non-hydrogen) atoms. The van der Waals surface area contributed by atoms with Gasteiger partial charge in [0.2, 0.25) is 0 Å². The summed E-state index contributed by atoms with van der Waals surface area (Å²) in [7, 11) is 0. The summed E-state index contributed by atoms with van der Waals surface area (Å²) < 4.78 is 0. The molecule has 1 saturated heterocycles. The van der Waals surface area contributed by atoms with E-state index in [4.69, 9.17) is 0 Å². The van der Waals surface area contributed by atoms with Gasteiger partial charge in [-0.15, -0.1) is 0 Å². The van der Waals surface area contributed by atoms with Gasteiger partial charge < -0.3 is 9.80 Å². The number of hydrogen-bond donors (Lipinski definition) is 0. The van der Waals surface area contributed by atoms with Crippen molar-refractivity contribution in [3.63, 3.8) is 0 Å². The van der Waals surface area contributed by atoms with Crippen LogP contribution in [-0.4, -0.2) is 42.0 Å². The monoisotopic (exact) mass is 305 g/mol. The predicted molar refractivity (Wildman–Crippen MR) is 91.1 cm³/mol. The smallest absolute Gasteiger partial charge is 0.298 e. The Balaban J connectivity index is 1.60. The van der Waals surface area contributed by atoms with Crippen molar-refractivity contribution in [3.8, 4) is 11.8 Å². The first-order chi connectivity index (χ1) is 11.2. The average molecular weight is 305 g/mol. The van der Waals surface area contributed by atoms with Gasteiger partial charge in [-0.05, 0) is 30.7 Å². The number of pyridine rings is 1. The standard InChI is InChI=1S/C19H19N3O/c1-16-6-5-11-20-19(16)22-14-12-21(13-15-22)18(23)10-9-17-7-3-2-4-8-17/h2-8,11H,12-15H2,1H3. The highest BCUT2D eigenvalue weighted by Crippen LogP contribution is 2.17. The molecule has 1 aromatic heterocycles. The van der Waals surface area contributed by atoms with E-state index in [2.05, 4.69) is 34.7 Å². The molecule has 1 aliphatic heterocycles. The Labute approximate surface area is 136 Å². The summed E-state index contributed by atoms with van der Waals surface area (Å²) in [5, 5.41) is 0. The Morgan fingerprint density at radius 1 is 1.04 bits per heavy atom. The molecule has 2 aromatic rings. The molecule has 0 radical (unpaired) electrons. The van der Waals surface area contributed by atoms with Crippen LogP contribution < -0.4 is 4.90 Å². The van der Waals surface area contributed by atoms with E-state index in [0.29, 0.717) is 13.1 Å². The number of hydrogen-bond acceptors (Lipinski definition) is 3. The van der Waals surface area contributed by atoms with Crippen molar-refractivity contribution in [2.75, 3.05) is 31.1 Å². The lowest BCUT2D eigenvalue weighted by molar-refractivity contribution is -0.125. The molecular formula is C19H19N3O. The van der Waals surface area contributed by atoms with Crippen LogP contribution in [0.4, 0.5) is 5.82 Å². The van der Waals surface area contributed by atoms with Crippen molar-refractivity contribution in [2.45, 2.75) is 6.92 Å². The summed E-state index contributed by atoms with van der Waals surface area (Å²) in [6, 6.07) is 13.6. The van der Waals surface area contributed by atoms with Gasteiger partial charge in [0.15, 0.2) is 0 Å². The number of anilines is 1. The Hall–Kier alpha value is -2.80. The minimum absolute atomic E-state index is 0.105. The molecule has 0 aliphatic carbocycles. The van der Waals surface area contributed by atoms with Gasteiger partial charge in [-0.3, -0.25) is 4.79 Å². The molecular weight excluding hydrogens is 286 g/mol. The Kier molecular flexibility index (Phi) is 4.58. The number of rotatable bonds is 1. The van der Waals surface area contributed by atoms with Crippen LogP contribution in [-0.2, 0) is 4.79 Å². The van der Waals surface area contributed by atoms with E-state index in [0.717, 1.165) is 30.0 Å². The number of benzene rings is 1. The fourth-order valence-electron chi connectivity index (χ4n) is 2.66. The largest absolute Gasteiger partial charge is 0.353 e. The number of aromatic nitrogens is 1. The topological polar surface area (TPSA) is 36.4 Å². The summed E-state index contributed by atoms with van der Waals surface area (Å²) in [4.78, 5) is 20.7. The molecule has 2 heterocycles. The second kappa shape index (κ2) is 6.97. The first-order valence-corrected chi connectivity index (χ1v) is 7.76. The summed E-state index contributed by atoms with van der Waals surface area (Å²) in [6.07, 6.45) is 1.81. The fourth-order valence-corrected chi connectivity index (χ4v) is 2.66. The molecule has 1 aromatic carbocycles. The summed E-state index contributed by atoms with van der Waals surface area (Å²) >= 11 is 0. The van der Waals surface area contributed by atoms with E-state index in [1.165, 1.54) is 0 Å². The van der Waals surface area contributed by atoms with Crippen molar-refractivity contribution in [1.82, 2.24) is 9.88 Å². The third-order valence-corrected chi connectivity index (χ3v) is 3.94. The van der Waals surface area contributed by atoms with E-state index in [-0.39, 0.29) is 5.91 Å². The lowest BCUT2D eigenvalue weighted by Gasteiger charge is -2.35. The van der Waals surface area contributed by atoms with Crippen LogP contribution >= 0.6 is 0 Å². The molecule has 4 heteroatoms. The summed E-state index contributed by atoms with van der Waals surface area (Å²) in [6.45, 7) is 5.00. The van der Waals surface area contributed by atoms with E-state index < -0.39 is 0 Å². The van der Waals surface area contributed by atoms with Crippen LogP contribution in [0.15, 0.2) is 48.7 Å². The molecule has 0 bridgehead atoms. The zero-order valence-electron chi connectivity index (χ0n) is 13.2. The van der Waals surface area contributed by atoms with E-state index in [1.54, 1.807) is 0 Å². The second-order valence-corrected chi connectivity index (χ2v) is 5.54. The summed E-state index contributed by atoms with van der Waals surface area (Å²) in [5.74, 6) is 6.57. The number of piperazine rings is 1. The zero-order chi connectivity index (χ0) is 16.1. The van der Waals surface area contributed by atoms with Crippen molar-refractivity contribution in [3.05, 3.63) is 59.8 Å². The molecule has 0 N–H and O–H groups in total. The van der Waals surface area contributed by atoms with Crippen molar-refractivity contribution < 1.29 is 4.79 Å². The van der Waals surface area contributed by atoms with E-state index in [9.17, 15) is 4.79 Å². The molecule has 0 saturated carbocycles. The molecule has 1 amide bonds. The Bertz CT molecular complexity index is 738. The van der Waals surface area contributed by atoms with Gasteiger partial charge >= 0.3 is 0 Å². The summed E-state index contributed by atoms with van der Waals surface area (Å²) in [5.41, 5.74) is 2.03. The van der Waals surface area contributed by atoms with Crippen LogP contribution in [0.25, 0.3) is 0 Å². The van der Waals surface area contributed by atoms with Crippen LogP contribution in [0.3, 0.4) is 0 Å². The zero-order valence-corrected chi connectivity index (χ0v) is 13.2. The third kappa shape index (κ3) is 3.70.